The minimum Gasteiger partial charge on any atom is -0.467 e. The summed E-state index contributed by atoms with van der Waals surface area (Å²) in [5, 5.41) is 5.22. The number of aromatic nitrogens is 4. The molecule has 176 valence electrons. The summed E-state index contributed by atoms with van der Waals surface area (Å²) in [6, 6.07) is 21.1. The van der Waals surface area contributed by atoms with Crippen LogP contribution in [0.3, 0.4) is 0 Å². The van der Waals surface area contributed by atoms with Crippen molar-refractivity contribution >= 4 is 16.9 Å². The van der Waals surface area contributed by atoms with Crippen molar-refractivity contribution in [2.75, 3.05) is 20.3 Å². The van der Waals surface area contributed by atoms with Crippen LogP contribution in [0.4, 0.5) is 0 Å². The number of nitrogens with zero attached hydrogens (tertiary/aromatic N) is 5. The molecule has 0 aliphatic rings. The molecule has 0 aliphatic heterocycles. The Labute approximate surface area is 202 Å². The number of fused-ring (bicyclic) bond motifs is 1. The van der Waals surface area contributed by atoms with E-state index in [1.54, 1.807) is 35.3 Å². The van der Waals surface area contributed by atoms with Gasteiger partial charge in [0.25, 0.3) is 5.91 Å². The first-order valence-electron chi connectivity index (χ1n) is 11.4. The van der Waals surface area contributed by atoms with Gasteiger partial charge in [-0.2, -0.15) is 5.10 Å². The van der Waals surface area contributed by atoms with E-state index in [1.807, 2.05) is 66.7 Å². The average molecular weight is 468 g/mol. The van der Waals surface area contributed by atoms with Crippen molar-refractivity contribution in [3.8, 4) is 11.3 Å². The van der Waals surface area contributed by atoms with E-state index in [2.05, 4.69) is 10.1 Å². The van der Waals surface area contributed by atoms with Crippen molar-refractivity contribution in [2.24, 2.45) is 0 Å². The Morgan fingerprint density at radius 1 is 1.09 bits per heavy atom. The lowest BCUT2D eigenvalue weighted by Gasteiger charge is -2.23. The lowest BCUT2D eigenvalue weighted by Crippen LogP contribution is -2.34. The Morgan fingerprint density at radius 2 is 1.94 bits per heavy atom. The van der Waals surface area contributed by atoms with E-state index in [4.69, 9.17) is 14.1 Å². The van der Waals surface area contributed by atoms with E-state index in [9.17, 15) is 4.79 Å². The van der Waals surface area contributed by atoms with Gasteiger partial charge in [-0.1, -0.05) is 36.4 Å². The number of pyridine rings is 2. The third kappa shape index (κ3) is 4.97. The highest BCUT2D eigenvalue weighted by Gasteiger charge is 2.23. The first-order valence-corrected chi connectivity index (χ1v) is 11.4. The summed E-state index contributed by atoms with van der Waals surface area (Å²) in [4.78, 5) is 25.0. The predicted molar refractivity (Wildman–Crippen MR) is 132 cm³/mol. The van der Waals surface area contributed by atoms with Crippen molar-refractivity contribution in [2.45, 2.75) is 13.1 Å². The third-order valence-electron chi connectivity index (χ3n) is 5.73. The van der Waals surface area contributed by atoms with Gasteiger partial charge in [0.1, 0.15) is 12.3 Å². The zero-order chi connectivity index (χ0) is 24.0. The molecule has 0 spiro atoms. The van der Waals surface area contributed by atoms with Gasteiger partial charge in [-0.3, -0.25) is 9.78 Å². The smallest absolute Gasteiger partial charge is 0.255 e. The Morgan fingerprint density at radius 3 is 2.69 bits per heavy atom. The average Bonchev–Trinajstić information content (AvgIpc) is 3.57. The predicted octanol–water partition coefficient (Wildman–Crippen LogP) is 4.42. The third-order valence-corrected chi connectivity index (χ3v) is 5.73. The summed E-state index contributed by atoms with van der Waals surface area (Å²) < 4.78 is 12.6. The van der Waals surface area contributed by atoms with Crippen molar-refractivity contribution in [3.63, 3.8) is 0 Å². The molecular weight excluding hydrogens is 442 g/mol. The molecule has 8 heteroatoms. The van der Waals surface area contributed by atoms with Gasteiger partial charge in [-0.25, -0.2) is 9.67 Å². The fraction of sp³-hybridized carbons (Fsp3) is 0.185. The molecule has 5 aromatic rings. The molecule has 4 aromatic heterocycles. The van der Waals surface area contributed by atoms with Gasteiger partial charge in [0.15, 0.2) is 5.65 Å². The molecule has 0 aliphatic carbocycles. The van der Waals surface area contributed by atoms with E-state index in [1.165, 1.54) is 0 Å². The Kier molecular flexibility index (Phi) is 6.63. The molecule has 8 nitrogen and oxygen atoms in total. The second-order valence-corrected chi connectivity index (χ2v) is 8.08. The number of hydrogen-bond acceptors (Lipinski definition) is 6. The molecule has 0 bridgehead atoms. The van der Waals surface area contributed by atoms with E-state index in [-0.39, 0.29) is 5.91 Å². The number of rotatable bonds is 9. The van der Waals surface area contributed by atoms with Crippen LogP contribution >= 0.6 is 0 Å². The molecular formula is C27H25N5O3. The van der Waals surface area contributed by atoms with Gasteiger partial charge in [-0.15, -0.1) is 0 Å². The van der Waals surface area contributed by atoms with Crippen LogP contribution in [0.15, 0.2) is 89.8 Å². The zero-order valence-electron chi connectivity index (χ0n) is 19.4. The molecule has 5 rings (SSSR count). The molecule has 35 heavy (non-hydrogen) atoms. The number of carbonyl (C=O) groups is 1. The maximum absolute atomic E-state index is 13.9. The number of furan rings is 1. The Hall–Kier alpha value is -4.30. The van der Waals surface area contributed by atoms with Crippen LogP contribution in [0.2, 0.25) is 0 Å². The molecule has 0 N–H and O–H groups in total. The maximum Gasteiger partial charge on any atom is 0.255 e. The quantitative estimate of drug-likeness (QED) is 0.319. The normalized spacial score (nSPS) is 11.1. The van der Waals surface area contributed by atoms with Gasteiger partial charge in [0.2, 0.25) is 0 Å². The van der Waals surface area contributed by atoms with Crippen LogP contribution in [-0.4, -0.2) is 50.8 Å². The SMILES string of the molecule is COCCN(Cc1ccccn1)C(=O)c1cc(-c2ccccc2)nc2c1cnn2Cc1ccco1. The summed E-state index contributed by atoms with van der Waals surface area (Å²) in [7, 11) is 1.63. The van der Waals surface area contributed by atoms with E-state index >= 15 is 0 Å². The molecule has 0 radical (unpaired) electrons. The number of amides is 1. The fourth-order valence-corrected chi connectivity index (χ4v) is 3.96. The first-order chi connectivity index (χ1) is 17.2. The summed E-state index contributed by atoms with van der Waals surface area (Å²) in [5.74, 6) is 0.626. The van der Waals surface area contributed by atoms with Crippen LogP contribution in [0.1, 0.15) is 21.8 Å². The van der Waals surface area contributed by atoms with E-state index < -0.39 is 0 Å². The summed E-state index contributed by atoms with van der Waals surface area (Å²) in [6.45, 7) is 1.62. The van der Waals surface area contributed by atoms with Crippen LogP contribution in [0.25, 0.3) is 22.3 Å². The molecule has 1 amide bonds. The number of benzene rings is 1. The standard InChI is InChI=1S/C27H25N5O3/c1-34-15-13-31(18-21-10-5-6-12-28-21)27(33)23-16-25(20-8-3-2-4-9-20)30-26-24(23)17-29-32(26)19-22-11-7-14-35-22/h2-12,14,16-17H,13,15,18-19H2,1H3. The Bertz CT molecular complexity index is 1400. The summed E-state index contributed by atoms with van der Waals surface area (Å²) >= 11 is 0. The van der Waals surface area contributed by atoms with E-state index in [0.29, 0.717) is 48.5 Å². The van der Waals surface area contributed by atoms with Gasteiger partial charge in [0.05, 0.1) is 47.9 Å². The molecule has 0 fully saturated rings. The summed E-state index contributed by atoms with van der Waals surface area (Å²) in [6.07, 6.45) is 5.05. The second-order valence-electron chi connectivity index (χ2n) is 8.08. The highest BCUT2D eigenvalue weighted by molar-refractivity contribution is 6.06. The van der Waals surface area contributed by atoms with Crippen LogP contribution in [0, 0.1) is 0 Å². The lowest BCUT2D eigenvalue weighted by molar-refractivity contribution is 0.0680. The lowest BCUT2D eigenvalue weighted by atomic mass is 10.1. The van der Waals surface area contributed by atoms with Crippen molar-refractivity contribution in [1.82, 2.24) is 24.6 Å². The first kappa shape index (κ1) is 22.5. The van der Waals surface area contributed by atoms with Crippen molar-refractivity contribution in [3.05, 3.63) is 102 Å². The van der Waals surface area contributed by atoms with Crippen LogP contribution in [-0.2, 0) is 17.8 Å². The topological polar surface area (TPSA) is 86.3 Å². The number of ether oxygens (including phenoxy) is 1. The van der Waals surface area contributed by atoms with E-state index in [0.717, 1.165) is 17.0 Å². The highest BCUT2D eigenvalue weighted by Crippen LogP contribution is 2.27. The van der Waals surface area contributed by atoms with Gasteiger partial charge >= 0.3 is 0 Å². The molecule has 4 heterocycles. The highest BCUT2D eigenvalue weighted by atomic mass is 16.5. The van der Waals surface area contributed by atoms with Crippen LogP contribution < -0.4 is 0 Å². The number of carbonyl (C=O) groups excluding carboxylic acids is 1. The minimum atomic E-state index is -0.130. The van der Waals surface area contributed by atoms with Gasteiger partial charge in [-0.05, 0) is 30.3 Å². The zero-order valence-corrected chi connectivity index (χ0v) is 19.4. The molecule has 0 unspecified atom stereocenters. The molecule has 1 aromatic carbocycles. The molecule has 0 saturated carbocycles. The second kappa shape index (κ2) is 10.3. The molecule has 0 atom stereocenters. The number of hydrogen-bond donors (Lipinski definition) is 0. The fourth-order valence-electron chi connectivity index (χ4n) is 3.96. The van der Waals surface area contributed by atoms with Crippen molar-refractivity contribution in [1.29, 1.82) is 0 Å². The summed E-state index contributed by atoms with van der Waals surface area (Å²) in [5.41, 5.74) is 3.58. The van der Waals surface area contributed by atoms with Crippen molar-refractivity contribution < 1.29 is 13.9 Å². The maximum atomic E-state index is 13.9. The van der Waals surface area contributed by atoms with Crippen LogP contribution in [0.5, 0.6) is 0 Å². The number of methoxy groups -OCH3 is 1. The largest absolute Gasteiger partial charge is 0.467 e. The van der Waals surface area contributed by atoms with Gasteiger partial charge in [0, 0.05) is 25.4 Å². The monoisotopic (exact) mass is 467 g/mol. The Balaban J connectivity index is 1.60. The molecule has 0 saturated heterocycles. The van der Waals surface area contributed by atoms with Gasteiger partial charge < -0.3 is 14.1 Å². The minimum absolute atomic E-state index is 0.130.